The molecule has 0 radical (unpaired) electrons. The molecule has 31 heavy (non-hydrogen) atoms. The first-order valence-electron chi connectivity index (χ1n) is 8.10. The largest absolute Gasteiger partial charge is 0.479 e. The van der Waals surface area contributed by atoms with Crippen LogP contribution in [0.15, 0.2) is 30.5 Å². The molecule has 0 atom stereocenters. The fraction of sp³-hybridized carbons (Fsp3) is 0.0526. The summed E-state index contributed by atoms with van der Waals surface area (Å²) in [6.07, 6.45) is 1.23. The Morgan fingerprint density at radius 2 is 1.58 bits per heavy atom. The summed E-state index contributed by atoms with van der Waals surface area (Å²) in [5.74, 6) is -15.2. The Kier molecular flexibility index (Phi) is 6.25. The molecule has 1 aromatic heterocycles. The molecule has 2 aromatic carbocycles. The summed E-state index contributed by atoms with van der Waals surface area (Å²) in [5, 5.41) is 8.26. The van der Waals surface area contributed by atoms with E-state index in [1.807, 2.05) is 0 Å². The molecule has 0 saturated heterocycles. The zero-order chi connectivity index (χ0) is 22.9. The van der Waals surface area contributed by atoms with Gasteiger partial charge in [0.15, 0.2) is 35.6 Å². The van der Waals surface area contributed by atoms with Gasteiger partial charge in [0.2, 0.25) is 5.82 Å². The number of rotatable bonds is 6. The number of nitrogens with zero attached hydrogens (tertiary/aromatic N) is 1. The Balaban J connectivity index is 2.10. The summed E-state index contributed by atoms with van der Waals surface area (Å²) in [6, 6.07) is 3.76. The van der Waals surface area contributed by atoms with Gasteiger partial charge in [-0.05, 0) is 24.3 Å². The number of pyridine rings is 1. The van der Waals surface area contributed by atoms with Crippen LogP contribution in [0.5, 0.6) is 17.4 Å². The average Bonchev–Trinajstić information content (AvgIpc) is 2.73. The lowest BCUT2D eigenvalue weighted by molar-refractivity contribution is -0.139. The van der Waals surface area contributed by atoms with E-state index in [-0.39, 0.29) is 11.6 Å². The maximum Gasteiger partial charge on any atom is 0.341 e. The van der Waals surface area contributed by atoms with Gasteiger partial charge in [-0.1, -0.05) is 11.6 Å². The molecule has 162 valence electrons. The minimum atomic E-state index is -2.40. The van der Waals surface area contributed by atoms with Crippen molar-refractivity contribution in [2.75, 3.05) is 6.61 Å². The van der Waals surface area contributed by atoms with Gasteiger partial charge in [0.05, 0.1) is 10.6 Å². The zero-order valence-electron chi connectivity index (χ0n) is 14.9. The Morgan fingerprint density at radius 1 is 0.968 bits per heavy atom. The molecule has 12 heteroatoms. The van der Waals surface area contributed by atoms with E-state index < -0.39 is 69.4 Å². The van der Waals surface area contributed by atoms with Gasteiger partial charge in [0, 0.05) is 11.8 Å². The molecular formula is C19H8ClF6NO4. The van der Waals surface area contributed by atoms with Crippen LogP contribution in [0.4, 0.5) is 26.3 Å². The van der Waals surface area contributed by atoms with Crippen LogP contribution in [0.3, 0.4) is 0 Å². The van der Waals surface area contributed by atoms with Gasteiger partial charge in [0.25, 0.3) is 5.88 Å². The second-order valence-corrected chi connectivity index (χ2v) is 6.21. The molecular weight excluding hydrogens is 456 g/mol. The summed E-state index contributed by atoms with van der Waals surface area (Å²) in [4.78, 5) is 14.4. The number of hydrogen-bond donors (Lipinski definition) is 1. The van der Waals surface area contributed by atoms with E-state index >= 15 is 0 Å². The normalized spacial score (nSPS) is 10.8. The highest BCUT2D eigenvalue weighted by molar-refractivity contribution is 6.32. The number of hydrogen-bond acceptors (Lipinski definition) is 4. The highest BCUT2D eigenvalue weighted by Gasteiger charge is 2.29. The van der Waals surface area contributed by atoms with Gasteiger partial charge in [-0.2, -0.15) is 0 Å². The van der Waals surface area contributed by atoms with Crippen molar-refractivity contribution in [3.05, 3.63) is 70.4 Å². The monoisotopic (exact) mass is 463 g/mol. The second-order valence-electron chi connectivity index (χ2n) is 5.80. The van der Waals surface area contributed by atoms with Crippen molar-refractivity contribution in [3.63, 3.8) is 0 Å². The first-order chi connectivity index (χ1) is 14.6. The molecule has 0 bridgehead atoms. The molecule has 0 saturated carbocycles. The maximum absolute atomic E-state index is 14.4. The molecule has 0 aliphatic heterocycles. The minimum absolute atomic E-state index is 0.222. The molecule has 3 rings (SSSR count). The Hall–Kier alpha value is -3.47. The molecule has 0 unspecified atom stereocenters. The van der Waals surface area contributed by atoms with E-state index in [0.29, 0.717) is 12.1 Å². The highest BCUT2D eigenvalue weighted by atomic mass is 35.5. The molecule has 0 amide bonds. The predicted octanol–water partition coefficient (Wildman–Crippen LogP) is 5.49. The van der Waals surface area contributed by atoms with Gasteiger partial charge in [-0.25, -0.2) is 36.1 Å². The average molecular weight is 464 g/mol. The quantitative estimate of drug-likeness (QED) is 0.297. The van der Waals surface area contributed by atoms with Crippen molar-refractivity contribution in [2.45, 2.75) is 0 Å². The predicted molar refractivity (Wildman–Crippen MR) is 94.1 cm³/mol. The molecule has 0 aliphatic rings. The number of carbonyl (C=O) groups is 1. The summed E-state index contributed by atoms with van der Waals surface area (Å²) in [5.41, 5.74) is -2.55. The van der Waals surface area contributed by atoms with Crippen LogP contribution < -0.4 is 9.47 Å². The SMILES string of the molecule is O=C(O)COc1ncccc1Oc1cc(-c2c(F)c(F)c(F)c(F)c2F)c(F)cc1Cl. The van der Waals surface area contributed by atoms with Gasteiger partial charge < -0.3 is 14.6 Å². The lowest BCUT2D eigenvalue weighted by atomic mass is 10.0. The fourth-order valence-corrected chi connectivity index (χ4v) is 2.64. The fourth-order valence-electron chi connectivity index (χ4n) is 2.45. The molecule has 1 heterocycles. The molecule has 3 aromatic rings. The third-order valence-corrected chi connectivity index (χ3v) is 4.08. The molecule has 0 spiro atoms. The van der Waals surface area contributed by atoms with E-state index in [1.165, 1.54) is 18.3 Å². The molecule has 0 fully saturated rings. The lowest BCUT2D eigenvalue weighted by Gasteiger charge is -2.14. The van der Waals surface area contributed by atoms with E-state index in [2.05, 4.69) is 4.98 Å². The number of aliphatic carboxylic acids is 1. The van der Waals surface area contributed by atoms with Crippen LogP contribution in [-0.2, 0) is 4.79 Å². The van der Waals surface area contributed by atoms with Crippen molar-refractivity contribution in [1.82, 2.24) is 4.98 Å². The Morgan fingerprint density at radius 3 is 2.19 bits per heavy atom. The number of carboxylic acid groups (broad SMARTS) is 1. The van der Waals surface area contributed by atoms with Crippen LogP contribution in [0.1, 0.15) is 0 Å². The van der Waals surface area contributed by atoms with E-state index in [1.54, 1.807) is 0 Å². The number of carboxylic acids is 1. The third-order valence-electron chi connectivity index (χ3n) is 3.79. The van der Waals surface area contributed by atoms with Gasteiger partial charge in [0.1, 0.15) is 11.6 Å². The zero-order valence-corrected chi connectivity index (χ0v) is 15.6. The van der Waals surface area contributed by atoms with Crippen molar-refractivity contribution in [3.8, 4) is 28.5 Å². The van der Waals surface area contributed by atoms with Crippen LogP contribution in [-0.4, -0.2) is 22.7 Å². The van der Waals surface area contributed by atoms with Crippen LogP contribution in [0.25, 0.3) is 11.1 Å². The topological polar surface area (TPSA) is 68.7 Å². The first-order valence-corrected chi connectivity index (χ1v) is 8.48. The van der Waals surface area contributed by atoms with Crippen molar-refractivity contribution in [1.29, 1.82) is 0 Å². The van der Waals surface area contributed by atoms with Gasteiger partial charge in [-0.15, -0.1) is 0 Å². The molecule has 5 nitrogen and oxygen atoms in total. The Labute approximate surface area is 174 Å². The number of aromatic nitrogens is 1. The molecule has 1 N–H and O–H groups in total. The third kappa shape index (κ3) is 4.36. The van der Waals surface area contributed by atoms with E-state index in [4.69, 9.17) is 26.2 Å². The smallest absolute Gasteiger partial charge is 0.341 e. The Bertz CT molecular complexity index is 1160. The van der Waals surface area contributed by atoms with Crippen molar-refractivity contribution < 1.29 is 45.7 Å². The number of halogens is 7. The minimum Gasteiger partial charge on any atom is -0.479 e. The standard InChI is InChI=1S/C19H8ClF6NO4/c20-8-5-9(21)7(13-14(22)16(24)18(26)17(25)15(13)23)4-11(8)31-10-2-1-3-27-19(10)30-6-12(28)29/h1-5H,6H2,(H,28,29). The molecule has 0 aliphatic carbocycles. The van der Waals surface area contributed by atoms with Crippen molar-refractivity contribution >= 4 is 17.6 Å². The van der Waals surface area contributed by atoms with E-state index in [9.17, 15) is 31.1 Å². The summed E-state index contributed by atoms with van der Waals surface area (Å²) in [6.45, 7) is -0.791. The van der Waals surface area contributed by atoms with E-state index in [0.717, 1.165) is 0 Å². The number of ether oxygens (including phenoxy) is 2. The summed E-state index contributed by atoms with van der Waals surface area (Å²) in [7, 11) is 0. The van der Waals surface area contributed by atoms with Crippen LogP contribution in [0.2, 0.25) is 5.02 Å². The van der Waals surface area contributed by atoms with Crippen molar-refractivity contribution in [2.24, 2.45) is 0 Å². The van der Waals surface area contributed by atoms with Crippen LogP contribution >= 0.6 is 11.6 Å². The van der Waals surface area contributed by atoms with Gasteiger partial charge in [-0.3, -0.25) is 0 Å². The number of benzene rings is 2. The van der Waals surface area contributed by atoms with Crippen LogP contribution in [0, 0.1) is 34.9 Å². The maximum atomic E-state index is 14.4. The first kappa shape index (κ1) is 22.2. The second kappa shape index (κ2) is 8.72. The summed E-state index contributed by atoms with van der Waals surface area (Å²) < 4.78 is 93.2. The summed E-state index contributed by atoms with van der Waals surface area (Å²) >= 11 is 5.87. The lowest BCUT2D eigenvalue weighted by Crippen LogP contribution is -2.10. The highest BCUT2D eigenvalue weighted by Crippen LogP contribution is 2.40. The van der Waals surface area contributed by atoms with Gasteiger partial charge >= 0.3 is 5.97 Å².